The van der Waals surface area contributed by atoms with Gasteiger partial charge in [0.05, 0.1) is 5.41 Å². The summed E-state index contributed by atoms with van der Waals surface area (Å²) in [5.41, 5.74) is 5.32. The van der Waals surface area contributed by atoms with Crippen LogP contribution in [0.15, 0.2) is 42.5 Å². The Morgan fingerprint density at radius 2 is 1.67 bits per heavy atom. The third kappa shape index (κ3) is 2.46. The SMILES string of the molecule is Cc1ccc(C2(C(=O)Nc3cccc(C)c3C)CC2)cc1. The maximum absolute atomic E-state index is 12.7. The third-order valence-electron chi connectivity index (χ3n) is 4.64. The fourth-order valence-corrected chi connectivity index (χ4v) is 2.77. The molecule has 1 fully saturated rings. The van der Waals surface area contributed by atoms with Crippen molar-refractivity contribution in [3.63, 3.8) is 0 Å². The summed E-state index contributed by atoms with van der Waals surface area (Å²) in [5.74, 6) is 0.125. The van der Waals surface area contributed by atoms with Gasteiger partial charge in [-0.2, -0.15) is 0 Å². The summed E-state index contributed by atoms with van der Waals surface area (Å²) in [5, 5.41) is 3.13. The van der Waals surface area contributed by atoms with Gasteiger partial charge in [0.15, 0.2) is 0 Å². The lowest BCUT2D eigenvalue weighted by Crippen LogP contribution is -2.28. The highest BCUT2D eigenvalue weighted by Gasteiger charge is 2.51. The van der Waals surface area contributed by atoms with Crippen molar-refractivity contribution >= 4 is 11.6 Å². The molecule has 0 heterocycles. The number of anilines is 1. The number of carbonyl (C=O) groups is 1. The largest absolute Gasteiger partial charge is 0.325 e. The molecule has 2 heteroatoms. The number of hydrogen-bond donors (Lipinski definition) is 1. The molecular formula is C19H21NO. The Labute approximate surface area is 126 Å². The maximum Gasteiger partial charge on any atom is 0.235 e. The molecule has 1 amide bonds. The number of carbonyl (C=O) groups excluding carboxylic acids is 1. The molecule has 0 unspecified atom stereocenters. The average molecular weight is 279 g/mol. The number of rotatable bonds is 3. The Morgan fingerprint density at radius 3 is 2.29 bits per heavy atom. The van der Waals surface area contributed by atoms with E-state index in [1.807, 2.05) is 12.1 Å². The molecule has 1 N–H and O–H groups in total. The fourth-order valence-electron chi connectivity index (χ4n) is 2.77. The van der Waals surface area contributed by atoms with E-state index in [0.717, 1.165) is 29.7 Å². The zero-order chi connectivity index (χ0) is 15.0. The Balaban J connectivity index is 1.85. The van der Waals surface area contributed by atoms with E-state index in [1.165, 1.54) is 11.1 Å². The van der Waals surface area contributed by atoms with Crippen LogP contribution in [0.2, 0.25) is 0 Å². The van der Waals surface area contributed by atoms with E-state index in [1.54, 1.807) is 0 Å². The second-order valence-electron chi connectivity index (χ2n) is 6.15. The predicted molar refractivity (Wildman–Crippen MR) is 86.6 cm³/mol. The van der Waals surface area contributed by atoms with Crippen molar-refractivity contribution in [1.82, 2.24) is 0 Å². The minimum absolute atomic E-state index is 0.125. The van der Waals surface area contributed by atoms with E-state index in [0.29, 0.717) is 0 Å². The van der Waals surface area contributed by atoms with E-state index >= 15 is 0 Å². The lowest BCUT2D eigenvalue weighted by Gasteiger charge is -2.18. The van der Waals surface area contributed by atoms with Gasteiger partial charge in [-0.3, -0.25) is 4.79 Å². The van der Waals surface area contributed by atoms with Crippen molar-refractivity contribution in [3.05, 3.63) is 64.7 Å². The van der Waals surface area contributed by atoms with Gasteiger partial charge >= 0.3 is 0 Å². The molecule has 2 nitrogen and oxygen atoms in total. The molecule has 0 aliphatic heterocycles. The lowest BCUT2D eigenvalue weighted by atomic mass is 9.94. The maximum atomic E-state index is 12.7. The first-order valence-electron chi connectivity index (χ1n) is 7.48. The molecule has 1 saturated carbocycles. The molecule has 2 aromatic rings. The normalized spacial score (nSPS) is 15.6. The average Bonchev–Trinajstić information content (AvgIpc) is 3.26. The molecule has 0 radical (unpaired) electrons. The van der Waals surface area contributed by atoms with Crippen LogP contribution in [0.4, 0.5) is 5.69 Å². The summed E-state index contributed by atoms with van der Waals surface area (Å²) in [6.07, 6.45) is 1.87. The van der Waals surface area contributed by atoms with Crippen LogP contribution < -0.4 is 5.32 Å². The molecular weight excluding hydrogens is 258 g/mol. The van der Waals surface area contributed by atoms with Gasteiger partial charge in [0.25, 0.3) is 0 Å². The summed E-state index contributed by atoms with van der Waals surface area (Å²) >= 11 is 0. The summed E-state index contributed by atoms with van der Waals surface area (Å²) in [7, 11) is 0. The minimum atomic E-state index is -0.316. The number of aryl methyl sites for hydroxylation is 2. The van der Waals surface area contributed by atoms with Crippen LogP contribution in [0.25, 0.3) is 0 Å². The van der Waals surface area contributed by atoms with Crippen LogP contribution in [-0.2, 0) is 10.2 Å². The first-order valence-corrected chi connectivity index (χ1v) is 7.48. The molecule has 0 aromatic heterocycles. The van der Waals surface area contributed by atoms with E-state index in [2.05, 4.69) is 56.4 Å². The summed E-state index contributed by atoms with van der Waals surface area (Å²) in [6, 6.07) is 14.4. The van der Waals surface area contributed by atoms with Gasteiger partial charge in [0.2, 0.25) is 5.91 Å². The number of nitrogens with one attached hydrogen (secondary N) is 1. The van der Waals surface area contributed by atoms with E-state index in [-0.39, 0.29) is 11.3 Å². The fraction of sp³-hybridized carbons (Fsp3) is 0.316. The van der Waals surface area contributed by atoms with Crippen LogP contribution in [0.1, 0.15) is 35.1 Å². The van der Waals surface area contributed by atoms with E-state index in [4.69, 9.17) is 0 Å². The van der Waals surface area contributed by atoms with Crippen LogP contribution in [0.5, 0.6) is 0 Å². The first-order chi connectivity index (χ1) is 10.0. The minimum Gasteiger partial charge on any atom is -0.325 e. The molecule has 0 bridgehead atoms. The van der Waals surface area contributed by atoms with Crippen molar-refractivity contribution in [2.75, 3.05) is 5.32 Å². The Bertz CT molecular complexity index is 681. The molecule has 0 atom stereocenters. The van der Waals surface area contributed by atoms with Crippen molar-refractivity contribution in [2.24, 2.45) is 0 Å². The van der Waals surface area contributed by atoms with Gasteiger partial charge in [-0.1, -0.05) is 42.0 Å². The summed E-state index contributed by atoms with van der Waals surface area (Å²) in [4.78, 5) is 12.7. The number of amides is 1. The smallest absolute Gasteiger partial charge is 0.235 e. The van der Waals surface area contributed by atoms with Gasteiger partial charge in [0.1, 0.15) is 0 Å². The topological polar surface area (TPSA) is 29.1 Å². The van der Waals surface area contributed by atoms with Gasteiger partial charge in [0, 0.05) is 5.69 Å². The quantitative estimate of drug-likeness (QED) is 0.892. The van der Waals surface area contributed by atoms with Gasteiger partial charge < -0.3 is 5.32 Å². The lowest BCUT2D eigenvalue weighted by molar-refractivity contribution is -0.118. The van der Waals surface area contributed by atoms with Crippen molar-refractivity contribution < 1.29 is 4.79 Å². The highest BCUT2D eigenvalue weighted by molar-refractivity contribution is 6.01. The standard InChI is InChI=1S/C19H21NO/c1-13-7-9-16(10-8-13)19(11-12-19)18(21)20-17-6-4-5-14(2)15(17)3/h4-10H,11-12H2,1-3H3,(H,20,21). The highest BCUT2D eigenvalue weighted by atomic mass is 16.2. The van der Waals surface area contributed by atoms with Crippen molar-refractivity contribution in [2.45, 2.75) is 39.0 Å². The first kappa shape index (κ1) is 13.9. The zero-order valence-electron chi connectivity index (χ0n) is 12.9. The predicted octanol–water partition coefficient (Wildman–Crippen LogP) is 4.28. The van der Waals surface area contributed by atoms with Crippen LogP contribution in [0.3, 0.4) is 0 Å². The zero-order valence-corrected chi connectivity index (χ0v) is 12.9. The number of hydrogen-bond acceptors (Lipinski definition) is 1. The number of benzene rings is 2. The molecule has 2 aromatic carbocycles. The molecule has 0 saturated heterocycles. The van der Waals surface area contributed by atoms with Gasteiger partial charge in [-0.05, 0) is 56.4 Å². The highest BCUT2D eigenvalue weighted by Crippen LogP contribution is 2.49. The van der Waals surface area contributed by atoms with E-state index in [9.17, 15) is 4.79 Å². The molecule has 1 aliphatic rings. The Hall–Kier alpha value is -2.09. The monoisotopic (exact) mass is 279 g/mol. The van der Waals surface area contributed by atoms with Crippen LogP contribution >= 0.6 is 0 Å². The molecule has 3 rings (SSSR count). The van der Waals surface area contributed by atoms with Gasteiger partial charge in [-0.15, -0.1) is 0 Å². The Kier molecular flexibility index (Phi) is 3.32. The second kappa shape index (κ2) is 5.03. The summed E-state index contributed by atoms with van der Waals surface area (Å²) < 4.78 is 0. The molecule has 21 heavy (non-hydrogen) atoms. The Morgan fingerprint density at radius 1 is 1.00 bits per heavy atom. The molecule has 0 spiro atoms. The van der Waals surface area contributed by atoms with Crippen LogP contribution in [0, 0.1) is 20.8 Å². The second-order valence-corrected chi connectivity index (χ2v) is 6.15. The van der Waals surface area contributed by atoms with E-state index < -0.39 is 0 Å². The molecule has 1 aliphatic carbocycles. The third-order valence-corrected chi connectivity index (χ3v) is 4.64. The van der Waals surface area contributed by atoms with Crippen LogP contribution in [-0.4, -0.2) is 5.91 Å². The van der Waals surface area contributed by atoms with Crippen molar-refractivity contribution in [3.8, 4) is 0 Å². The van der Waals surface area contributed by atoms with Gasteiger partial charge in [-0.25, -0.2) is 0 Å². The molecule has 108 valence electrons. The van der Waals surface area contributed by atoms with Crippen molar-refractivity contribution in [1.29, 1.82) is 0 Å². The summed E-state index contributed by atoms with van der Waals surface area (Å²) in [6.45, 7) is 6.19.